The summed E-state index contributed by atoms with van der Waals surface area (Å²) in [6.45, 7) is 10.6. The number of anilines is 1. The molecule has 0 unspecified atom stereocenters. The van der Waals surface area contributed by atoms with Gasteiger partial charge in [-0.05, 0) is 36.5 Å². The normalized spacial score (nSPS) is 11.5. The van der Waals surface area contributed by atoms with E-state index in [0.717, 1.165) is 18.4 Å². The van der Waals surface area contributed by atoms with Crippen molar-refractivity contribution < 1.29 is 9.18 Å². The average Bonchev–Trinajstić information content (AvgIpc) is 2.31. The Morgan fingerprint density at radius 3 is 2.50 bits per heavy atom. The van der Waals surface area contributed by atoms with Gasteiger partial charge in [0, 0.05) is 13.0 Å². The Bertz CT molecular complexity index is 463. The number of hydrogen-bond acceptors (Lipinski definition) is 1. The van der Waals surface area contributed by atoms with Gasteiger partial charge in [0.2, 0.25) is 5.91 Å². The third-order valence-electron chi connectivity index (χ3n) is 3.11. The lowest BCUT2D eigenvalue weighted by molar-refractivity contribution is -0.120. The molecule has 0 aliphatic carbocycles. The highest BCUT2D eigenvalue weighted by Gasteiger charge is 2.23. The second-order valence-corrected chi connectivity index (χ2v) is 6.59. The molecule has 1 rings (SSSR count). The Kier molecular flexibility index (Phi) is 5.73. The van der Waals surface area contributed by atoms with Crippen LogP contribution in [0.25, 0.3) is 0 Å². The quantitative estimate of drug-likeness (QED) is 0.764. The molecule has 0 radical (unpaired) electrons. The van der Waals surface area contributed by atoms with Crippen molar-refractivity contribution in [1.29, 1.82) is 0 Å². The number of benzene rings is 1. The Morgan fingerprint density at radius 2 is 1.95 bits per heavy atom. The molecule has 0 bridgehead atoms. The first-order chi connectivity index (χ1) is 9.24. The third kappa shape index (κ3) is 4.95. The summed E-state index contributed by atoms with van der Waals surface area (Å²) in [6, 6.07) is 4.92. The molecule has 1 aromatic rings. The minimum Gasteiger partial charge on any atom is -0.310 e. The summed E-state index contributed by atoms with van der Waals surface area (Å²) in [5.74, 6) is -0.329. The van der Waals surface area contributed by atoms with E-state index in [1.54, 1.807) is 17.0 Å². The molecule has 0 heterocycles. The molecule has 1 amide bonds. The van der Waals surface area contributed by atoms with Crippen LogP contribution in [0.2, 0.25) is 0 Å². The summed E-state index contributed by atoms with van der Waals surface area (Å²) in [6.07, 6.45) is 2.28. The molecule has 0 saturated heterocycles. The average molecular weight is 279 g/mol. The minimum atomic E-state index is -0.325. The standard InChI is InChI=1S/C17H26FNO/c1-6-7-10-19(16(20)12-17(3,4)5)15-11-13(2)8-9-14(15)18/h8-9,11H,6-7,10,12H2,1-5H3. The molecule has 1 aromatic carbocycles. The number of aryl methyl sites for hydroxylation is 1. The minimum absolute atomic E-state index is 0.00421. The van der Waals surface area contributed by atoms with Crippen molar-refractivity contribution in [2.75, 3.05) is 11.4 Å². The number of nitrogens with zero attached hydrogens (tertiary/aromatic N) is 1. The van der Waals surface area contributed by atoms with Crippen molar-refractivity contribution in [2.45, 2.75) is 53.9 Å². The first-order valence-corrected chi connectivity index (χ1v) is 7.31. The fourth-order valence-corrected chi connectivity index (χ4v) is 2.07. The predicted octanol–water partition coefficient (Wildman–Crippen LogP) is 4.70. The molecule has 2 nitrogen and oxygen atoms in total. The van der Waals surface area contributed by atoms with Crippen LogP contribution < -0.4 is 4.90 Å². The highest BCUT2D eigenvalue weighted by molar-refractivity contribution is 5.93. The second-order valence-electron chi connectivity index (χ2n) is 6.59. The smallest absolute Gasteiger partial charge is 0.227 e. The van der Waals surface area contributed by atoms with E-state index in [4.69, 9.17) is 0 Å². The van der Waals surface area contributed by atoms with Crippen molar-refractivity contribution in [1.82, 2.24) is 0 Å². The lowest BCUT2D eigenvalue weighted by atomic mass is 9.91. The van der Waals surface area contributed by atoms with Gasteiger partial charge in [-0.2, -0.15) is 0 Å². The van der Waals surface area contributed by atoms with E-state index < -0.39 is 0 Å². The van der Waals surface area contributed by atoms with Crippen LogP contribution in [0, 0.1) is 18.2 Å². The van der Waals surface area contributed by atoms with Crippen molar-refractivity contribution in [3.8, 4) is 0 Å². The van der Waals surface area contributed by atoms with Crippen LogP contribution in [-0.2, 0) is 4.79 Å². The lowest BCUT2D eigenvalue weighted by Gasteiger charge is -2.27. The molecule has 0 aliphatic heterocycles. The maximum atomic E-state index is 14.0. The molecule has 0 atom stereocenters. The summed E-state index contributed by atoms with van der Waals surface area (Å²) in [7, 11) is 0. The zero-order chi connectivity index (χ0) is 15.3. The van der Waals surface area contributed by atoms with Gasteiger partial charge in [-0.15, -0.1) is 0 Å². The topological polar surface area (TPSA) is 20.3 Å². The van der Waals surface area contributed by atoms with Gasteiger partial charge in [0.05, 0.1) is 5.69 Å². The van der Waals surface area contributed by atoms with Gasteiger partial charge in [-0.25, -0.2) is 4.39 Å². The van der Waals surface area contributed by atoms with Crippen molar-refractivity contribution in [2.24, 2.45) is 5.41 Å². The maximum Gasteiger partial charge on any atom is 0.227 e. The Labute approximate surface area is 122 Å². The van der Waals surface area contributed by atoms with Crippen LogP contribution in [-0.4, -0.2) is 12.5 Å². The van der Waals surface area contributed by atoms with Gasteiger partial charge in [-0.1, -0.05) is 40.2 Å². The molecular formula is C17H26FNO. The second kappa shape index (κ2) is 6.87. The van der Waals surface area contributed by atoms with Crippen LogP contribution in [0.1, 0.15) is 52.5 Å². The van der Waals surface area contributed by atoms with E-state index in [2.05, 4.69) is 6.92 Å². The van der Waals surface area contributed by atoms with E-state index in [0.29, 0.717) is 18.7 Å². The van der Waals surface area contributed by atoms with Crippen LogP contribution >= 0.6 is 0 Å². The molecule has 20 heavy (non-hydrogen) atoms. The number of unbranched alkanes of at least 4 members (excludes halogenated alkanes) is 1. The zero-order valence-corrected chi connectivity index (χ0v) is 13.3. The molecule has 0 spiro atoms. The molecular weight excluding hydrogens is 253 g/mol. The van der Waals surface area contributed by atoms with Gasteiger partial charge in [0.15, 0.2) is 0 Å². The molecule has 0 aliphatic rings. The zero-order valence-electron chi connectivity index (χ0n) is 13.3. The van der Waals surface area contributed by atoms with Crippen molar-refractivity contribution in [3.63, 3.8) is 0 Å². The Morgan fingerprint density at radius 1 is 1.30 bits per heavy atom. The summed E-state index contributed by atoms with van der Waals surface area (Å²) in [5.41, 5.74) is 1.28. The van der Waals surface area contributed by atoms with Gasteiger partial charge in [-0.3, -0.25) is 4.79 Å². The summed E-state index contributed by atoms with van der Waals surface area (Å²) >= 11 is 0. The summed E-state index contributed by atoms with van der Waals surface area (Å²) in [5, 5.41) is 0. The van der Waals surface area contributed by atoms with Crippen LogP contribution in [0.15, 0.2) is 18.2 Å². The fraction of sp³-hybridized carbons (Fsp3) is 0.588. The third-order valence-corrected chi connectivity index (χ3v) is 3.11. The molecule has 112 valence electrons. The Hall–Kier alpha value is -1.38. The summed E-state index contributed by atoms with van der Waals surface area (Å²) in [4.78, 5) is 14.1. The molecule has 0 fully saturated rings. The highest BCUT2D eigenvalue weighted by atomic mass is 19.1. The Balaban J connectivity index is 3.05. The molecule has 0 N–H and O–H groups in total. The number of carbonyl (C=O) groups excluding carboxylic acids is 1. The van der Waals surface area contributed by atoms with Crippen molar-refractivity contribution in [3.05, 3.63) is 29.6 Å². The lowest BCUT2D eigenvalue weighted by Crippen LogP contribution is -2.35. The number of halogens is 1. The van der Waals surface area contributed by atoms with E-state index >= 15 is 0 Å². The first-order valence-electron chi connectivity index (χ1n) is 7.31. The molecule has 3 heteroatoms. The van der Waals surface area contributed by atoms with Crippen LogP contribution in [0.5, 0.6) is 0 Å². The van der Waals surface area contributed by atoms with Gasteiger partial charge >= 0.3 is 0 Å². The summed E-state index contributed by atoms with van der Waals surface area (Å²) < 4.78 is 14.0. The first kappa shape index (κ1) is 16.7. The van der Waals surface area contributed by atoms with Crippen molar-refractivity contribution >= 4 is 11.6 Å². The fourth-order valence-electron chi connectivity index (χ4n) is 2.07. The van der Waals surface area contributed by atoms with E-state index in [9.17, 15) is 9.18 Å². The SMILES string of the molecule is CCCCN(C(=O)CC(C)(C)C)c1cc(C)ccc1F. The van der Waals surface area contributed by atoms with E-state index in [1.165, 1.54) is 6.07 Å². The predicted molar refractivity (Wildman–Crippen MR) is 82.5 cm³/mol. The van der Waals surface area contributed by atoms with E-state index in [-0.39, 0.29) is 17.1 Å². The van der Waals surface area contributed by atoms with Crippen LogP contribution in [0.4, 0.5) is 10.1 Å². The maximum absolute atomic E-state index is 14.0. The number of rotatable bonds is 5. The van der Waals surface area contributed by atoms with Gasteiger partial charge < -0.3 is 4.90 Å². The molecule has 0 saturated carbocycles. The highest BCUT2D eigenvalue weighted by Crippen LogP contribution is 2.26. The monoisotopic (exact) mass is 279 g/mol. The number of carbonyl (C=O) groups is 1. The number of hydrogen-bond donors (Lipinski definition) is 0. The van der Waals surface area contributed by atoms with Crippen LogP contribution in [0.3, 0.4) is 0 Å². The van der Waals surface area contributed by atoms with Gasteiger partial charge in [0.1, 0.15) is 5.82 Å². The number of amides is 1. The largest absolute Gasteiger partial charge is 0.310 e. The van der Waals surface area contributed by atoms with Gasteiger partial charge in [0.25, 0.3) is 0 Å². The molecule has 0 aromatic heterocycles. The van der Waals surface area contributed by atoms with E-state index in [1.807, 2.05) is 27.7 Å².